The lowest BCUT2D eigenvalue weighted by atomic mass is 10.1. The molecule has 3 aromatic rings. The fraction of sp³-hybridized carbons (Fsp3) is 0.263. The molecular weight excluding hydrogens is 336 g/mol. The van der Waals surface area contributed by atoms with E-state index >= 15 is 0 Å². The first-order chi connectivity index (χ1) is 12.0. The summed E-state index contributed by atoms with van der Waals surface area (Å²) in [7, 11) is 0. The Morgan fingerprint density at radius 3 is 2.84 bits per heavy atom. The molecule has 0 spiro atoms. The molecule has 5 nitrogen and oxygen atoms in total. The number of aromatic nitrogens is 2. The van der Waals surface area contributed by atoms with Gasteiger partial charge in [-0.2, -0.15) is 0 Å². The van der Waals surface area contributed by atoms with Crippen LogP contribution in [0.15, 0.2) is 30.3 Å². The molecule has 2 N–H and O–H groups in total. The Balaban J connectivity index is 1.71. The summed E-state index contributed by atoms with van der Waals surface area (Å²) in [6, 6.07) is 9.87. The summed E-state index contributed by atoms with van der Waals surface area (Å²) in [4.78, 5) is 21.4. The number of fused-ring (bicyclic) bond motifs is 1. The Kier molecular flexibility index (Phi) is 3.88. The zero-order chi connectivity index (χ0) is 17.6. The maximum atomic E-state index is 11.8. The quantitative estimate of drug-likeness (QED) is 0.691. The minimum atomic E-state index is 0.156. The molecule has 1 fully saturated rings. The molecule has 0 saturated carbocycles. The number of imidazole rings is 1. The Labute approximate surface area is 151 Å². The number of carbonyl (C=O) groups excluding carboxylic acids is 1. The van der Waals surface area contributed by atoms with E-state index < -0.39 is 0 Å². The van der Waals surface area contributed by atoms with Gasteiger partial charge in [0.2, 0.25) is 5.91 Å². The Bertz CT molecular complexity index is 959. The first-order valence-electron chi connectivity index (χ1n) is 8.31. The summed E-state index contributed by atoms with van der Waals surface area (Å²) in [5, 5.41) is 4.20. The van der Waals surface area contributed by atoms with Crippen LogP contribution in [0.5, 0.6) is 0 Å². The molecule has 0 aliphatic carbocycles. The van der Waals surface area contributed by atoms with E-state index in [4.69, 9.17) is 11.6 Å². The number of hydrogen-bond donors (Lipinski definition) is 2. The molecular formula is C19H19ClN4O. The minimum absolute atomic E-state index is 0.156. The SMILES string of the molecule is Cc1nc2c(NCc3c(C)cccc3Cl)cc(N3CCC3=O)cc2[nH]1. The van der Waals surface area contributed by atoms with Crippen LogP contribution < -0.4 is 10.2 Å². The van der Waals surface area contributed by atoms with Crippen LogP contribution in [0.3, 0.4) is 0 Å². The number of halogens is 1. The van der Waals surface area contributed by atoms with Crippen molar-refractivity contribution >= 4 is 39.9 Å². The number of anilines is 2. The van der Waals surface area contributed by atoms with E-state index in [0.717, 1.165) is 50.9 Å². The third kappa shape index (κ3) is 2.85. The van der Waals surface area contributed by atoms with Crippen LogP contribution in [0, 0.1) is 13.8 Å². The van der Waals surface area contributed by atoms with Crippen molar-refractivity contribution in [3.05, 3.63) is 52.3 Å². The predicted molar refractivity (Wildman–Crippen MR) is 101 cm³/mol. The van der Waals surface area contributed by atoms with E-state index in [1.54, 1.807) is 4.90 Å². The van der Waals surface area contributed by atoms with Crippen molar-refractivity contribution in [1.29, 1.82) is 0 Å². The van der Waals surface area contributed by atoms with Crippen LogP contribution in [0.25, 0.3) is 11.0 Å². The van der Waals surface area contributed by atoms with Gasteiger partial charge in [0, 0.05) is 30.2 Å². The van der Waals surface area contributed by atoms with Gasteiger partial charge in [-0.05, 0) is 43.2 Å². The molecule has 0 radical (unpaired) electrons. The number of amides is 1. The first kappa shape index (κ1) is 16.0. The van der Waals surface area contributed by atoms with Crippen molar-refractivity contribution in [3.8, 4) is 0 Å². The molecule has 1 amide bonds. The van der Waals surface area contributed by atoms with Crippen molar-refractivity contribution in [3.63, 3.8) is 0 Å². The molecule has 6 heteroatoms. The van der Waals surface area contributed by atoms with E-state index in [9.17, 15) is 4.79 Å². The second kappa shape index (κ2) is 6.08. The van der Waals surface area contributed by atoms with Gasteiger partial charge in [0.25, 0.3) is 0 Å². The second-order valence-electron chi connectivity index (χ2n) is 6.40. The summed E-state index contributed by atoms with van der Waals surface area (Å²) in [6.07, 6.45) is 0.613. The molecule has 1 aliphatic rings. The van der Waals surface area contributed by atoms with Crippen LogP contribution in [0.2, 0.25) is 5.02 Å². The number of H-pyrrole nitrogens is 1. The summed E-state index contributed by atoms with van der Waals surface area (Å²) in [5.41, 5.74) is 5.80. The number of nitrogens with zero attached hydrogens (tertiary/aromatic N) is 2. The lowest BCUT2D eigenvalue weighted by molar-refractivity contribution is -0.122. The predicted octanol–water partition coefficient (Wildman–Crippen LogP) is 4.18. The number of rotatable bonds is 4. The van der Waals surface area contributed by atoms with E-state index in [1.807, 2.05) is 44.2 Å². The zero-order valence-corrected chi connectivity index (χ0v) is 14.9. The topological polar surface area (TPSA) is 61.0 Å². The summed E-state index contributed by atoms with van der Waals surface area (Å²) >= 11 is 6.34. The molecule has 1 aromatic heterocycles. The normalized spacial score (nSPS) is 14.0. The molecule has 2 heterocycles. The summed E-state index contributed by atoms with van der Waals surface area (Å²) in [6.45, 7) is 5.34. The van der Waals surface area contributed by atoms with Gasteiger partial charge in [-0.25, -0.2) is 4.98 Å². The molecule has 0 bridgehead atoms. The molecule has 25 heavy (non-hydrogen) atoms. The molecule has 2 aromatic carbocycles. The Morgan fingerprint density at radius 1 is 1.32 bits per heavy atom. The van der Waals surface area contributed by atoms with Gasteiger partial charge >= 0.3 is 0 Å². The van der Waals surface area contributed by atoms with Gasteiger partial charge in [0.1, 0.15) is 11.3 Å². The highest BCUT2D eigenvalue weighted by Crippen LogP contribution is 2.32. The number of hydrogen-bond acceptors (Lipinski definition) is 3. The number of benzene rings is 2. The van der Waals surface area contributed by atoms with Crippen LogP contribution in [0.4, 0.5) is 11.4 Å². The van der Waals surface area contributed by atoms with Crippen molar-refractivity contribution in [2.45, 2.75) is 26.8 Å². The fourth-order valence-electron chi connectivity index (χ4n) is 3.18. The first-order valence-corrected chi connectivity index (χ1v) is 8.69. The van der Waals surface area contributed by atoms with E-state index in [1.165, 1.54) is 0 Å². The lowest BCUT2D eigenvalue weighted by Crippen LogP contribution is -2.43. The number of aromatic amines is 1. The van der Waals surface area contributed by atoms with Crippen molar-refractivity contribution in [1.82, 2.24) is 9.97 Å². The largest absolute Gasteiger partial charge is 0.379 e. The molecule has 4 rings (SSSR count). The van der Waals surface area contributed by atoms with E-state index in [2.05, 4.69) is 15.3 Å². The number of carbonyl (C=O) groups is 1. The molecule has 1 aliphatic heterocycles. The van der Waals surface area contributed by atoms with Crippen LogP contribution in [-0.4, -0.2) is 22.4 Å². The van der Waals surface area contributed by atoms with Crippen molar-refractivity contribution < 1.29 is 4.79 Å². The highest BCUT2D eigenvalue weighted by molar-refractivity contribution is 6.31. The van der Waals surface area contributed by atoms with E-state index in [0.29, 0.717) is 13.0 Å². The third-order valence-electron chi connectivity index (χ3n) is 4.66. The van der Waals surface area contributed by atoms with Gasteiger partial charge in [-0.1, -0.05) is 23.7 Å². The number of β-lactam (4-membered cyclic amide) rings is 1. The third-order valence-corrected chi connectivity index (χ3v) is 5.01. The molecule has 0 atom stereocenters. The zero-order valence-electron chi connectivity index (χ0n) is 14.2. The van der Waals surface area contributed by atoms with Crippen LogP contribution >= 0.6 is 11.6 Å². The van der Waals surface area contributed by atoms with Crippen LogP contribution in [0.1, 0.15) is 23.4 Å². The average Bonchev–Trinajstić information content (AvgIpc) is 2.93. The Morgan fingerprint density at radius 2 is 2.16 bits per heavy atom. The maximum Gasteiger partial charge on any atom is 0.228 e. The standard InChI is InChI=1S/C19H19ClN4O/c1-11-4-3-5-15(20)14(11)10-21-16-8-13(24-7-6-18(24)25)9-17-19(16)23-12(2)22-17/h3-5,8-9,21H,6-7,10H2,1-2H3,(H,22,23). The van der Waals surface area contributed by atoms with E-state index in [-0.39, 0.29) is 5.91 Å². The molecule has 1 saturated heterocycles. The molecule has 0 unspecified atom stereocenters. The van der Waals surface area contributed by atoms with Gasteiger partial charge in [-0.15, -0.1) is 0 Å². The highest BCUT2D eigenvalue weighted by Gasteiger charge is 2.26. The van der Waals surface area contributed by atoms with Crippen molar-refractivity contribution in [2.24, 2.45) is 0 Å². The van der Waals surface area contributed by atoms with Gasteiger partial charge in [0.05, 0.1) is 11.2 Å². The van der Waals surface area contributed by atoms with Crippen molar-refractivity contribution in [2.75, 3.05) is 16.8 Å². The monoisotopic (exact) mass is 354 g/mol. The number of aryl methyl sites for hydroxylation is 2. The van der Waals surface area contributed by atoms with Crippen LogP contribution in [-0.2, 0) is 11.3 Å². The molecule has 128 valence electrons. The highest BCUT2D eigenvalue weighted by atomic mass is 35.5. The van der Waals surface area contributed by atoms with Gasteiger partial charge in [-0.3, -0.25) is 4.79 Å². The average molecular weight is 355 g/mol. The summed E-state index contributed by atoms with van der Waals surface area (Å²) < 4.78 is 0. The Hall–Kier alpha value is -2.53. The van der Waals surface area contributed by atoms with Gasteiger partial charge in [0.15, 0.2) is 0 Å². The fourth-order valence-corrected chi connectivity index (χ4v) is 3.47. The lowest BCUT2D eigenvalue weighted by Gasteiger charge is -2.31. The smallest absolute Gasteiger partial charge is 0.228 e. The second-order valence-corrected chi connectivity index (χ2v) is 6.80. The minimum Gasteiger partial charge on any atom is -0.379 e. The number of nitrogens with one attached hydrogen (secondary N) is 2. The maximum absolute atomic E-state index is 11.8. The summed E-state index contributed by atoms with van der Waals surface area (Å²) in [5.74, 6) is 1.00. The van der Waals surface area contributed by atoms with Gasteiger partial charge < -0.3 is 15.2 Å².